The lowest BCUT2D eigenvalue weighted by atomic mass is 10.2. The Morgan fingerprint density at radius 1 is 1.15 bits per heavy atom. The van der Waals surface area contributed by atoms with E-state index in [1.165, 1.54) is 12.1 Å². The number of benzene rings is 1. The maximum atomic E-state index is 11.8. The molecule has 0 aliphatic heterocycles. The monoisotopic (exact) mass is 322 g/mol. The Kier molecular flexibility index (Phi) is 5.22. The number of nitrogens with two attached hydrogens (primary N) is 1. The van der Waals surface area contributed by atoms with E-state index in [2.05, 4.69) is 4.72 Å². The molecule has 0 aliphatic rings. The number of hydrogen-bond donors (Lipinski definition) is 3. The molecule has 0 aliphatic carbocycles. The Morgan fingerprint density at radius 3 is 2.15 bits per heavy atom. The molecule has 1 rings (SSSR count). The minimum Gasteiger partial charge on any atom is -0.478 e. The minimum atomic E-state index is -3.80. The lowest BCUT2D eigenvalue weighted by Crippen LogP contribution is -2.27. The molecule has 0 unspecified atom stereocenters. The van der Waals surface area contributed by atoms with Crippen LogP contribution in [0, 0.1) is 0 Å². The third kappa shape index (κ3) is 5.25. The fourth-order valence-corrected chi connectivity index (χ4v) is 2.96. The standard InChI is InChI=1S/C10H14N2O6S2/c11-19(15,16)7-1-6-12-20(17,18)9-4-2-8(3-5-9)10(13)14/h2-5,12H,1,6-7H2,(H,13,14)(H2,11,15,16). The Morgan fingerprint density at radius 2 is 1.70 bits per heavy atom. The third-order valence-electron chi connectivity index (χ3n) is 2.31. The number of carbonyl (C=O) groups is 1. The molecule has 0 heterocycles. The largest absolute Gasteiger partial charge is 0.478 e. The number of primary sulfonamides is 1. The molecule has 4 N–H and O–H groups in total. The molecule has 1 aromatic carbocycles. The van der Waals surface area contributed by atoms with E-state index < -0.39 is 26.0 Å². The van der Waals surface area contributed by atoms with Gasteiger partial charge in [0.05, 0.1) is 16.2 Å². The first-order valence-corrected chi connectivity index (χ1v) is 8.65. The molecule has 0 saturated carbocycles. The molecule has 0 saturated heterocycles. The molecule has 0 fully saturated rings. The van der Waals surface area contributed by atoms with E-state index in [0.717, 1.165) is 12.1 Å². The highest BCUT2D eigenvalue weighted by Gasteiger charge is 2.14. The summed E-state index contributed by atoms with van der Waals surface area (Å²) in [6.45, 7) is -0.0839. The summed E-state index contributed by atoms with van der Waals surface area (Å²) in [5.74, 6) is -1.48. The van der Waals surface area contributed by atoms with Gasteiger partial charge in [-0.05, 0) is 30.7 Å². The summed E-state index contributed by atoms with van der Waals surface area (Å²) >= 11 is 0. The van der Waals surface area contributed by atoms with Gasteiger partial charge in [0.25, 0.3) is 0 Å². The molecule has 10 heteroatoms. The smallest absolute Gasteiger partial charge is 0.335 e. The molecule has 8 nitrogen and oxygen atoms in total. The summed E-state index contributed by atoms with van der Waals surface area (Å²) in [6.07, 6.45) is 0.0469. The van der Waals surface area contributed by atoms with Crippen LogP contribution in [-0.4, -0.2) is 40.2 Å². The number of hydrogen-bond acceptors (Lipinski definition) is 5. The van der Waals surface area contributed by atoms with Crippen LogP contribution >= 0.6 is 0 Å². The summed E-state index contributed by atoms with van der Waals surface area (Å²) in [5.41, 5.74) is -0.0295. The van der Waals surface area contributed by atoms with Crippen molar-refractivity contribution in [3.8, 4) is 0 Å². The van der Waals surface area contributed by atoms with Crippen molar-refractivity contribution in [3.05, 3.63) is 29.8 Å². The van der Waals surface area contributed by atoms with E-state index in [1.54, 1.807) is 0 Å². The average molecular weight is 322 g/mol. The zero-order valence-electron chi connectivity index (χ0n) is 10.3. The Labute approximate surface area is 116 Å². The van der Waals surface area contributed by atoms with Crippen molar-refractivity contribution in [1.29, 1.82) is 0 Å². The van der Waals surface area contributed by atoms with Gasteiger partial charge in [-0.3, -0.25) is 0 Å². The zero-order chi connectivity index (χ0) is 15.4. The van der Waals surface area contributed by atoms with Crippen molar-refractivity contribution in [1.82, 2.24) is 4.72 Å². The van der Waals surface area contributed by atoms with Gasteiger partial charge in [0, 0.05) is 6.54 Å². The van der Waals surface area contributed by atoms with Gasteiger partial charge in [-0.2, -0.15) is 0 Å². The number of carboxylic acid groups (broad SMARTS) is 1. The Bertz CT molecular complexity index is 679. The predicted molar refractivity (Wildman–Crippen MR) is 71.2 cm³/mol. The number of rotatable bonds is 7. The van der Waals surface area contributed by atoms with Crippen molar-refractivity contribution >= 4 is 26.0 Å². The minimum absolute atomic E-state index is 0.0295. The topological polar surface area (TPSA) is 144 Å². The maximum Gasteiger partial charge on any atom is 0.335 e. The second-order valence-corrected chi connectivity index (χ2v) is 7.45. The van der Waals surface area contributed by atoms with Gasteiger partial charge in [-0.1, -0.05) is 0 Å². The first kappa shape index (κ1) is 16.6. The van der Waals surface area contributed by atoms with E-state index in [-0.39, 0.29) is 29.2 Å². The van der Waals surface area contributed by atoms with E-state index in [1.807, 2.05) is 0 Å². The second kappa shape index (κ2) is 6.31. The van der Waals surface area contributed by atoms with Crippen molar-refractivity contribution in [2.75, 3.05) is 12.3 Å². The average Bonchev–Trinajstić information content (AvgIpc) is 2.34. The predicted octanol–water partition coefficient (Wildman–Crippen LogP) is -0.658. The van der Waals surface area contributed by atoms with Crippen LogP contribution < -0.4 is 9.86 Å². The summed E-state index contributed by atoms with van der Waals surface area (Å²) in [7, 11) is -7.42. The van der Waals surface area contributed by atoms with Crippen molar-refractivity contribution in [3.63, 3.8) is 0 Å². The van der Waals surface area contributed by atoms with Crippen LogP contribution in [0.2, 0.25) is 0 Å². The highest BCUT2D eigenvalue weighted by atomic mass is 32.2. The van der Waals surface area contributed by atoms with Gasteiger partial charge in [-0.25, -0.2) is 31.5 Å². The molecule has 0 spiro atoms. The Balaban J connectivity index is 2.67. The quantitative estimate of drug-likeness (QED) is 0.569. The van der Waals surface area contributed by atoms with Crippen LogP contribution in [0.25, 0.3) is 0 Å². The van der Waals surface area contributed by atoms with Crippen molar-refractivity contribution in [2.45, 2.75) is 11.3 Å². The van der Waals surface area contributed by atoms with E-state index in [4.69, 9.17) is 10.2 Å². The summed E-state index contributed by atoms with van der Waals surface area (Å²) < 4.78 is 47.1. The SMILES string of the molecule is NS(=O)(=O)CCCNS(=O)(=O)c1ccc(C(=O)O)cc1. The molecule has 0 atom stereocenters. The van der Waals surface area contributed by atoms with Crippen LogP contribution in [0.1, 0.15) is 16.8 Å². The van der Waals surface area contributed by atoms with Gasteiger partial charge in [0.15, 0.2) is 0 Å². The Hall–Kier alpha value is -1.49. The molecule has 112 valence electrons. The fraction of sp³-hybridized carbons (Fsp3) is 0.300. The number of aromatic carboxylic acids is 1. The first-order valence-electron chi connectivity index (χ1n) is 5.45. The van der Waals surface area contributed by atoms with E-state index >= 15 is 0 Å². The molecular weight excluding hydrogens is 308 g/mol. The highest BCUT2D eigenvalue weighted by Crippen LogP contribution is 2.10. The molecule has 1 aromatic rings. The highest BCUT2D eigenvalue weighted by molar-refractivity contribution is 7.89. The van der Waals surface area contributed by atoms with Crippen LogP contribution in [0.5, 0.6) is 0 Å². The van der Waals surface area contributed by atoms with Gasteiger partial charge >= 0.3 is 5.97 Å². The fourth-order valence-electron chi connectivity index (χ4n) is 1.34. The van der Waals surface area contributed by atoms with Crippen molar-refractivity contribution in [2.24, 2.45) is 5.14 Å². The van der Waals surface area contributed by atoms with Crippen LogP contribution in [0.4, 0.5) is 0 Å². The maximum absolute atomic E-state index is 11.8. The van der Waals surface area contributed by atoms with Gasteiger partial charge < -0.3 is 5.11 Å². The third-order valence-corrected chi connectivity index (χ3v) is 4.64. The summed E-state index contributed by atoms with van der Waals surface area (Å²) in [6, 6.07) is 4.65. The van der Waals surface area contributed by atoms with Gasteiger partial charge in [0.2, 0.25) is 20.0 Å². The van der Waals surface area contributed by atoms with E-state index in [9.17, 15) is 21.6 Å². The molecule has 0 radical (unpaired) electrons. The lowest BCUT2D eigenvalue weighted by molar-refractivity contribution is 0.0696. The number of carboxylic acids is 1. The summed E-state index contributed by atoms with van der Waals surface area (Å²) in [4.78, 5) is 10.5. The van der Waals surface area contributed by atoms with Gasteiger partial charge in [-0.15, -0.1) is 0 Å². The van der Waals surface area contributed by atoms with Crippen LogP contribution in [0.15, 0.2) is 29.2 Å². The molecule has 0 amide bonds. The van der Waals surface area contributed by atoms with Crippen molar-refractivity contribution < 1.29 is 26.7 Å². The van der Waals surface area contributed by atoms with E-state index in [0.29, 0.717) is 0 Å². The lowest BCUT2D eigenvalue weighted by Gasteiger charge is -2.06. The van der Waals surface area contributed by atoms with Crippen LogP contribution in [-0.2, 0) is 20.0 Å². The van der Waals surface area contributed by atoms with Crippen LogP contribution in [0.3, 0.4) is 0 Å². The normalized spacial score (nSPS) is 12.2. The molecular formula is C10H14N2O6S2. The number of nitrogens with one attached hydrogen (secondary N) is 1. The molecule has 0 aromatic heterocycles. The zero-order valence-corrected chi connectivity index (χ0v) is 11.9. The molecule has 0 bridgehead atoms. The summed E-state index contributed by atoms with van der Waals surface area (Å²) in [5, 5.41) is 13.5. The first-order chi connectivity index (χ1) is 9.12. The molecule has 20 heavy (non-hydrogen) atoms. The number of sulfonamides is 2. The second-order valence-electron chi connectivity index (χ2n) is 3.95. The van der Waals surface area contributed by atoms with Gasteiger partial charge in [0.1, 0.15) is 0 Å².